The van der Waals surface area contributed by atoms with Crippen molar-refractivity contribution < 1.29 is 8.78 Å². The Morgan fingerprint density at radius 2 is 1.70 bits per heavy atom. The van der Waals surface area contributed by atoms with E-state index in [9.17, 15) is 8.78 Å². The third kappa shape index (κ3) is 4.64. The molecule has 0 rings (SSSR count). The van der Waals surface area contributed by atoms with Crippen LogP contribution in [0.25, 0.3) is 0 Å². The van der Waals surface area contributed by atoms with Gasteiger partial charge in [0.05, 0.1) is 6.04 Å². The lowest BCUT2D eigenvalue weighted by Crippen LogP contribution is -2.30. The second kappa shape index (κ2) is 4.57. The van der Waals surface area contributed by atoms with Gasteiger partial charge in [-0.15, -0.1) is 0 Å². The fourth-order valence-electron chi connectivity index (χ4n) is 0.581. The Bertz CT molecular complexity index is 85.8. The monoisotopic (exact) mass is 152 g/mol. The molecule has 4 heteroatoms. The molecule has 0 spiro atoms. The normalized spacial score (nSPS) is 17.4. The summed E-state index contributed by atoms with van der Waals surface area (Å²) in [6.07, 6.45) is -1.56. The smallest absolute Gasteiger partial charge is 0.253 e. The van der Waals surface area contributed by atoms with Crippen molar-refractivity contribution in [3.8, 4) is 0 Å². The summed E-state index contributed by atoms with van der Waals surface area (Å²) < 4.78 is 23.4. The molecule has 0 aromatic carbocycles. The number of hydrogen-bond acceptors (Lipinski definition) is 2. The van der Waals surface area contributed by atoms with Crippen molar-refractivity contribution in [1.29, 1.82) is 0 Å². The number of nitrogens with two attached hydrogens (primary N) is 2. The van der Waals surface area contributed by atoms with Gasteiger partial charge in [-0.1, -0.05) is 0 Å². The van der Waals surface area contributed by atoms with Crippen molar-refractivity contribution in [3.63, 3.8) is 0 Å². The third-order valence-corrected chi connectivity index (χ3v) is 1.28. The molecule has 0 saturated carbocycles. The fraction of sp³-hybridized carbons (Fsp3) is 1.00. The van der Waals surface area contributed by atoms with Gasteiger partial charge in [0.15, 0.2) is 0 Å². The molecule has 2 atom stereocenters. The van der Waals surface area contributed by atoms with E-state index in [1.165, 1.54) is 0 Å². The molecule has 2 nitrogen and oxygen atoms in total. The Morgan fingerprint density at radius 3 is 2.00 bits per heavy atom. The molecule has 2 unspecified atom stereocenters. The van der Waals surface area contributed by atoms with E-state index < -0.39 is 12.5 Å². The largest absolute Gasteiger partial charge is 0.328 e. The van der Waals surface area contributed by atoms with Crippen LogP contribution in [-0.4, -0.2) is 18.5 Å². The summed E-state index contributed by atoms with van der Waals surface area (Å²) in [5.74, 6) is 0. The first kappa shape index (κ1) is 9.78. The molecular formula is C6H14F2N2. The van der Waals surface area contributed by atoms with E-state index in [0.717, 1.165) is 0 Å². The molecule has 0 fully saturated rings. The summed E-state index contributed by atoms with van der Waals surface area (Å²) >= 11 is 0. The van der Waals surface area contributed by atoms with Crippen LogP contribution in [-0.2, 0) is 0 Å². The predicted molar refractivity (Wildman–Crippen MR) is 36.9 cm³/mol. The zero-order valence-corrected chi connectivity index (χ0v) is 6.06. The fourth-order valence-corrected chi connectivity index (χ4v) is 0.581. The minimum atomic E-state index is -2.42. The Kier molecular flexibility index (Phi) is 4.47. The van der Waals surface area contributed by atoms with E-state index in [1.54, 1.807) is 6.92 Å². The molecule has 0 bridgehead atoms. The van der Waals surface area contributed by atoms with Gasteiger partial charge >= 0.3 is 0 Å². The third-order valence-electron chi connectivity index (χ3n) is 1.28. The lowest BCUT2D eigenvalue weighted by Gasteiger charge is -2.10. The molecule has 0 amide bonds. The first-order valence-corrected chi connectivity index (χ1v) is 3.33. The summed E-state index contributed by atoms with van der Waals surface area (Å²) in [4.78, 5) is 0. The first-order chi connectivity index (χ1) is 4.54. The minimum Gasteiger partial charge on any atom is -0.328 e. The number of hydrogen-bond donors (Lipinski definition) is 2. The van der Waals surface area contributed by atoms with E-state index in [4.69, 9.17) is 11.5 Å². The summed E-state index contributed by atoms with van der Waals surface area (Å²) in [6, 6.07) is -1.05. The molecule has 0 radical (unpaired) electrons. The summed E-state index contributed by atoms with van der Waals surface area (Å²) in [6.45, 7) is 1.78. The van der Waals surface area contributed by atoms with Crippen LogP contribution in [0, 0.1) is 0 Å². The van der Waals surface area contributed by atoms with Gasteiger partial charge in [0, 0.05) is 6.04 Å². The maximum absolute atomic E-state index is 11.7. The van der Waals surface area contributed by atoms with Crippen molar-refractivity contribution in [1.82, 2.24) is 0 Å². The molecule has 0 aromatic heterocycles. The van der Waals surface area contributed by atoms with E-state index >= 15 is 0 Å². The lowest BCUT2D eigenvalue weighted by molar-refractivity contribution is 0.110. The van der Waals surface area contributed by atoms with E-state index in [2.05, 4.69) is 0 Å². The van der Waals surface area contributed by atoms with Crippen molar-refractivity contribution in [3.05, 3.63) is 0 Å². The average molecular weight is 152 g/mol. The molecule has 0 aromatic rings. The van der Waals surface area contributed by atoms with Gasteiger partial charge in [0.1, 0.15) is 0 Å². The Hall–Kier alpha value is -0.220. The van der Waals surface area contributed by atoms with Gasteiger partial charge in [0.25, 0.3) is 6.43 Å². The minimum absolute atomic E-state index is 0.0372. The molecule has 0 aliphatic heterocycles. The highest BCUT2D eigenvalue weighted by Gasteiger charge is 2.14. The number of alkyl halides is 2. The van der Waals surface area contributed by atoms with E-state index in [1.807, 2.05) is 0 Å². The summed E-state index contributed by atoms with van der Waals surface area (Å²) in [5, 5.41) is 0. The van der Waals surface area contributed by atoms with Crippen LogP contribution in [0.2, 0.25) is 0 Å². The number of rotatable bonds is 4. The molecule has 4 N–H and O–H groups in total. The van der Waals surface area contributed by atoms with Crippen LogP contribution in [0.1, 0.15) is 19.8 Å². The van der Waals surface area contributed by atoms with Gasteiger partial charge in [0.2, 0.25) is 0 Å². The SMILES string of the molecule is CC(N)CCC(N)C(F)F. The van der Waals surface area contributed by atoms with E-state index in [0.29, 0.717) is 12.8 Å². The Morgan fingerprint density at radius 1 is 1.20 bits per heavy atom. The van der Waals surface area contributed by atoms with Gasteiger partial charge in [-0.2, -0.15) is 0 Å². The highest BCUT2D eigenvalue weighted by Crippen LogP contribution is 2.05. The van der Waals surface area contributed by atoms with Crippen LogP contribution >= 0.6 is 0 Å². The first-order valence-electron chi connectivity index (χ1n) is 3.33. The maximum Gasteiger partial charge on any atom is 0.253 e. The highest BCUT2D eigenvalue weighted by atomic mass is 19.3. The van der Waals surface area contributed by atoms with Crippen LogP contribution in [0.5, 0.6) is 0 Å². The van der Waals surface area contributed by atoms with Gasteiger partial charge < -0.3 is 11.5 Å². The quantitative estimate of drug-likeness (QED) is 0.623. The topological polar surface area (TPSA) is 52.0 Å². The predicted octanol–water partition coefficient (Wildman–Crippen LogP) is 0.706. The van der Waals surface area contributed by atoms with Crippen molar-refractivity contribution in [2.24, 2.45) is 11.5 Å². The molecule has 0 aliphatic rings. The van der Waals surface area contributed by atoms with Crippen molar-refractivity contribution in [2.45, 2.75) is 38.3 Å². The molecule has 0 heterocycles. The highest BCUT2D eigenvalue weighted by molar-refractivity contribution is 4.66. The second-order valence-corrected chi connectivity index (χ2v) is 2.55. The van der Waals surface area contributed by atoms with Gasteiger partial charge in [-0.3, -0.25) is 0 Å². The van der Waals surface area contributed by atoms with E-state index in [-0.39, 0.29) is 6.04 Å². The van der Waals surface area contributed by atoms with Crippen LogP contribution in [0.4, 0.5) is 8.78 Å². The lowest BCUT2D eigenvalue weighted by atomic mass is 10.1. The van der Waals surface area contributed by atoms with Crippen LogP contribution in [0.15, 0.2) is 0 Å². The Labute approximate surface area is 59.6 Å². The van der Waals surface area contributed by atoms with Crippen LogP contribution in [0.3, 0.4) is 0 Å². The molecule has 0 saturated heterocycles. The zero-order chi connectivity index (χ0) is 8.15. The molecular weight excluding hydrogens is 138 g/mol. The van der Waals surface area contributed by atoms with Gasteiger partial charge in [-0.25, -0.2) is 8.78 Å². The Balaban J connectivity index is 3.30. The standard InChI is InChI=1S/C6H14F2N2/c1-4(9)2-3-5(10)6(7)8/h4-6H,2-3,9-10H2,1H3. The molecule has 10 heavy (non-hydrogen) atoms. The van der Waals surface area contributed by atoms with Gasteiger partial charge in [-0.05, 0) is 19.8 Å². The molecule has 62 valence electrons. The van der Waals surface area contributed by atoms with Crippen molar-refractivity contribution >= 4 is 0 Å². The maximum atomic E-state index is 11.7. The molecule has 0 aliphatic carbocycles. The van der Waals surface area contributed by atoms with Crippen LogP contribution < -0.4 is 11.5 Å². The summed E-state index contributed by atoms with van der Waals surface area (Å²) in [7, 11) is 0. The average Bonchev–Trinajstić information content (AvgIpc) is 1.82. The number of halogens is 2. The zero-order valence-electron chi connectivity index (χ0n) is 6.06. The summed E-state index contributed by atoms with van der Waals surface area (Å²) in [5.41, 5.74) is 10.4. The second-order valence-electron chi connectivity index (χ2n) is 2.55. The van der Waals surface area contributed by atoms with Crippen molar-refractivity contribution in [2.75, 3.05) is 0 Å².